The monoisotopic (exact) mass is 274 g/mol. The molecule has 3 nitrogen and oxygen atoms in total. The van der Waals surface area contributed by atoms with Crippen molar-refractivity contribution >= 4 is 17.1 Å². The van der Waals surface area contributed by atoms with Gasteiger partial charge in [0.05, 0.1) is 5.01 Å². The van der Waals surface area contributed by atoms with E-state index in [-0.39, 0.29) is 5.78 Å². The Kier molecular flexibility index (Phi) is 5.24. The molecule has 0 aliphatic rings. The van der Waals surface area contributed by atoms with E-state index < -0.39 is 0 Å². The molecule has 0 radical (unpaired) electrons. The molecule has 0 unspecified atom stereocenters. The fraction of sp³-hybridized carbons (Fsp3) is 0.333. The molecule has 0 saturated heterocycles. The number of hydrogen-bond acceptors (Lipinski definition) is 4. The average molecular weight is 274 g/mol. The minimum absolute atomic E-state index is 0.135. The molecule has 2 rings (SSSR count). The van der Waals surface area contributed by atoms with E-state index in [4.69, 9.17) is 5.73 Å². The molecule has 0 aliphatic carbocycles. The van der Waals surface area contributed by atoms with Crippen LogP contribution in [-0.4, -0.2) is 17.3 Å². The maximum Gasteiger partial charge on any atom is 0.182 e. The summed E-state index contributed by atoms with van der Waals surface area (Å²) in [5, 5.41) is 2.80. The second-order valence-electron chi connectivity index (χ2n) is 4.43. The summed E-state index contributed by atoms with van der Waals surface area (Å²) in [7, 11) is 0. The van der Waals surface area contributed by atoms with E-state index in [0.717, 1.165) is 24.3 Å². The Bertz CT molecular complexity index is 522. The van der Waals surface area contributed by atoms with Gasteiger partial charge in [-0.2, -0.15) is 0 Å². The highest BCUT2D eigenvalue weighted by Crippen LogP contribution is 2.13. The Balaban J connectivity index is 1.80. The number of nitrogens with two attached hydrogens (primary N) is 1. The van der Waals surface area contributed by atoms with Crippen molar-refractivity contribution in [2.24, 2.45) is 5.73 Å². The summed E-state index contributed by atoms with van der Waals surface area (Å²) in [5.74, 6) is 0.135. The summed E-state index contributed by atoms with van der Waals surface area (Å²) in [6, 6.07) is 10.2. The number of rotatable bonds is 7. The molecule has 1 heterocycles. The summed E-state index contributed by atoms with van der Waals surface area (Å²) in [4.78, 5) is 16.3. The van der Waals surface area contributed by atoms with E-state index in [9.17, 15) is 4.79 Å². The summed E-state index contributed by atoms with van der Waals surface area (Å²) >= 11 is 1.52. The maximum atomic E-state index is 12.0. The molecule has 0 fully saturated rings. The first-order valence-electron chi connectivity index (χ1n) is 6.51. The van der Waals surface area contributed by atoms with Crippen LogP contribution in [0.2, 0.25) is 0 Å². The number of Topliss-reactive ketones (excluding diaryl/α,β-unsaturated/α-hetero) is 1. The third kappa shape index (κ3) is 4.26. The molecule has 0 aliphatic heterocycles. The highest BCUT2D eigenvalue weighted by Gasteiger charge is 2.10. The van der Waals surface area contributed by atoms with Gasteiger partial charge in [0.15, 0.2) is 5.78 Å². The van der Waals surface area contributed by atoms with Gasteiger partial charge in [-0.05, 0) is 24.9 Å². The average Bonchev–Trinajstić information content (AvgIpc) is 2.89. The Morgan fingerprint density at radius 3 is 2.74 bits per heavy atom. The number of carbonyl (C=O) groups excluding carboxylic acids is 1. The normalized spacial score (nSPS) is 10.6. The van der Waals surface area contributed by atoms with Crippen molar-refractivity contribution in [3.63, 3.8) is 0 Å². The van der Waals surface area contributed by atoms with E-state index in [1.165, 1.54) is 16.9 Å². The quantitative estimate of drug-likeness (QED) is 0.790. The van der Waals surface area contributed by atoms with E-state index >= 15 is 0 Å². The van der Waals surface area contributed by atoms with Crippen LogP contribution in [0.1, 0.15) is 33.9 Å². The van der Waals surface area contributed by atoms with Crippen LogP contribution in [0.5, 0.6) is 0 Å². The van der Waals surface area contributed by atoms with Gasteiger partial charge in [0.25, 0.3) is 0 Å². The van der Waals surface area contributed by atoms with Crippen LogP contribution < -0.4 is 5.73 Å². The largest absolute Gasteiger partial charge is 0.330 e. The van der Waals surface area contributed by atoms with Gasteiger partial charge >= 0.3 is 0 Å². The third-order valence-electron chi connectivity index (χ3n) is 2.91. The van der Waals surface area contributed by atoms with Crippen molar-refractivity contribution in [3.05, 3.63) is 52.0 Å². The Morgan fingerprint density at radius 2 is 2.00 bits per heavy atom. The highest BCUT2D eigenvalue weighted by molar-refractivity contribution is 7.09. The van der Waals surface area contributed by atoms with Crippen LogP contribution in [0.15, 0.2) is 35.7 Å². The number of benzene rings is 1. The van der Waals surface area contributed by atoms with E-state index in [2.05, 4.69) is 17.1 Å². The lowest BCUT2D eigenvalue weighted by Gasteiger charge is -2.00. The number of carbonyl (C=O) groups is 1. The standard InChI is InChI=1S/C15H18N2OS/c16-10-9-15-17-13(11-19-15)14(18)8-4-7-12-5-2-1-3-6-12/h1-3,5-6,11H,4,7-10,16H2. The van der Waals surface area contributed by atoms with Crippen molar-refractivity contribution in [1.82, 2.24) is 4.98 Å². The van der Waals surface area contributed by atoms with E-state index in [1.54, 1.807) is 0 Å². The second-order valence-corrected chi connectivity index (χ2v) is 5.37. The minimum Gasteiger partial charge on any atom is -0.330 e. The van der Waals surface area contributed by atoms with Gasteiger partial charge in [-0.25, -0.2) is 4.98 Å². The van der Waals surface area contributed by atoms with Gasteiger partial charge < -0.3 is 5.73 Å². The maximum absolute atomic E-state index is 12.0. The van der Waals surface area contributed by atoms with Crippen molar-refractivity contribution in [1.29, 1.82) is 0 Å². The zero-order valence-corrected chi connectivity index (χ0v) is 11.7. The van der Waals surface area contributed by atoms with Crippen molar-refractivity contribution in [3.8, 4) is 0 Å². The van der Waals surface area contributed by atoms with Crippen LogP contribution >= 0.6 is 11.3 Å². The number of nitrogens with zero attached hydrogens (tertiary/aromatic N) is 1. The second kappa shape index (κ2) is 7.16. The van der Waals surface area contributed by atoms with Gasteiger partial charge in [-0.3, -0.25) is 4.79 Å². The smallest absolute Gasteiger partial charge is 0.182 e. The van der Waals surface area contributed by atoms with Crippen molar-refractivity contribution in [2.45, 2.75) is 25.7 Å². The first-order valence-corrected chi connectivity index (χ1v) is 7.39. The van der Waals surface area contributed by atoms with Crippen LogP contribution in [0, 0.1) is 0 Å². The SMILES string of the molecule is NCCc1nc(C(=O)CCCc2ccccc2)cs1. The zero-order chi connectivity index (χ0) is 13.5. The molecule has 2 aromatic rings. The predicted octanol–water partition coefficient (Wildman–Crippen LogP) is 2.85. The number of aryl methyl sites for hydroxylation is 1. The molecule has 2 N–H and O–H groups in total. The lowest BCUT2D eigenvalue weighted by atomic mass is 10.1. The summed E-state index contributed by atoms with van der Waals surface area (Å²) in [5.41, 5.74) is 7.35. The molecule has 0 atom stereocenters. The molecule has 0 bridgehead atoms. The number of hydrogen-bond donors (Lipinski definition) is 1. The molecule has 0 saturated carbocycles. The van der Waals surface area contributed by atoms with Crippen LogP contribution in [-0.2, 0) is 12.8 Å². The Morgan fingerprint density at radius 1 is 1.21 bits per heavy atom. The van der Waals surface area contributed by atoms with Gasteiger partial charge in [0.2, 0.25) is 0 Å². The topological polar surface area (TPSA) is 56.0 Å². The Labute approximate surface area is 117 Å². The fourth-order valence-corrected chi connectivity index (χ4v) is 2.72. The highest BCUT2D eigenvalue weighted by atomic mass is 32.1. The Hall–Kier alpha value is -1.52. The molecular weight excluding hydrogens is 256 g/mol. The van der Waals surface area contributed by atoms with E-state index in [0.29, 0.717) is 18.7 Å². The summed E-state index contributed by atoms with van der Waals surface area (Å²) in [6.07, 6.45) is 3.11. The third-order valence-corrected chi connectivity index (χ3v) is 3.82. The van der Waals surface area contributed by atoms with Crippen LogP contribution in [0.25, 0.3) is 0 Å². The number of ketones is 1. The van der Waals surface area contributed by atoms with Gasteiger partial charge in [0.1, 0.15) is 5.69 Å². The molecule has 0 amide bonds. The lowest BCUT2D eigenvalue weighted by molar-refractivity contribution is 0.0976. The van der Waals surface area contributed by atoms with Crippen LogP contribution in [0.4, 0.5) is 0 Å². The molecule has 1 aromatic carbocycles. The van der Waals surface area contributed by atoms with E-state index in [1.807, 2.05) is 23.6 Å². The molecule has 4 heteroatoms. The molecular formula is C15H18N2OS. The molecule has 100 valence electrons. The lowest BCUT2D eigenvalue weighted by Crippen LogP contribution is -2.04. The molecule has 0 spiro atoms. The summed E-state index contributed by atoms with van der Waals surface area (Å²) in [6.45, 7) is 0.579. The fourth-order valence-electron chi connectivity index (χ4n) is 1.90. The first kappa shape index (κ1) is 13.9. The molecule has 19 heavy (non-hydrogen) atoms. The van der Waals surface area contributed by atoms with Crippen LogP contribution in [0.3, 0.4) is 0 Å². The van der Waals surface area contributed by atoms with Crippen molar-refractivity contribution < 1.29 is 4.79 Å². The predicted molar refractivity (Wildman–Crippen MR) is 78.6 cm³/mol. The number of thiazole rings is 1. The molecule has 1 aromatic heterocycles. The van der Waals surface area contributed by atoms with Crippen molar-refractivity contribution in [2.75, 3.05) is 6.54 Å². The number of aromatic nitrogens is 1. The van der Waals surface area contributed by atoms with Gasteiger partial charge in [-0.1, -0.05) is 30.3 Å². The van der Waals surface area contributed by atoms with Gasteiger partial charge in [0, 0.05) is 18.2 Å². The minimum atomic E-state index is 0.135. The first-order chi connectivity index (χ1) is 9.29. The zero-order valence-electron chi connectivity index (χ0n) is 10.8. The summed E-state index contributed by atoms with van der Waals surface area (Å²) < 4.78 is 0. The van der Waals surface area contributed by atoms with Gasteiger partial charge in [-0.15, -0.1) is 11.3 Å².